The minimum atomic E-state index is -0.895. The number of carboxylic acids is 1. The van der Waals surface area contributed by atoms with Crippen LogP contribution < -0.4 is 0 Å². The summed E-state index contributed by atoms with van der Waals surface area (Å²) in [5, 5.41) is 9.51. The quantitative estimate of drug-likeness (QED) is 0.0502. The average Bonchev–Trinajstić information content (AvgIpc) is 2.92. The van der Waals surface area contributed by atoms with Crippen LogP contribution in [-0.4, -0.2) is 80.6 Å². The van der Waals surface area contributed by atoms with E-state index < -0.39 is 24.1 Å². The lowest BCUT2D eigenvalue weighted by Gasteiger charge is -2.31. The molecule has 0 rings (SSSR count). The van der Waals surface area contributed by atoms with Crippen LogP contribution >= 0.6 is 0 Å². The third-order valence-corrected chi connectivity index (χ3v) is 6.50. The Kier molecular flexibility index (Phi) is 24.3. The van der Waals surface area contributed by atoms with Crippen molar-refractivity contribution in [1.82, 2.24) is 0 Å². The largest absolute Gasteiger partial charge is 0.477 e. The van der Waals surface area contributed by atoms with Crippen LogP contribution in [0.15, 0.2) is 48.6 Å². The molecule has 8 heteroatoms. The van der Waals surface area contributed by atoms with Gasteiger partial charge in [-0.25, -0.2) is 4.79 Å². The maximum Gasteiger partial charge on any atom is 0.362 e. The number of hydrogen-bond donors (Lipinski definition) is 1. The maximum absolute atomic E-state index is 12.4. The van der Waals surface area contributed by atoms with Gasteiger partial charge in [-0.2, -0.15) is 0 Å². The molecule has 8 nitrogen and oxygen atoms in total. The Morgan fingerprint density at radius 2 is 1.40 bits per heavy atom. The minimum Gasteiger partial charge on any atom is -0.477 e. The van der Waals surface area contributed by atoms with E-state index in [0.29, 0.717) is 12.8 Å². The number of unbranched alkanes of at least 4 members (excludes halogenated alkanes) is 5. The number of carboxylic acid groups (broad SMARTS) is 1. The summed E-state index contributed by atoms with van der Waals surface area (Å²) in [4.78, 5) is 36.3. The van der Waals surface area contributed by atoms with E-state index in [1.807, 2.05) is 33.3 Å². The summed E-state index contributed by atoms with van der Waals surface area (Å²) >= 11 is 0. The van der Waals surface area contributed by atoms with Crippen molar-refractivity contribution < 1.29 is 38.2 Å². The lowest BCUT2D eigenvalue weighted by molar-refractivity contribution is -0.887. The van der Waals surface area contributed by atoms with Crippen molar-refractivity contribution in [3.63, 3.8) is 0 Å². The number of aliphatic carboxylic acids is 1. The number of carbonyl (C=O) groups is 3. The van der Waals surface area contributed by atoms with E-state index in [1.54, 1.807) is 6.08 Å². The molecule has 0 saturated carbocycles. The molecule has 0 heterocycles. The number of quaternary nitrogens is 1. The monoisotopic (exact) mass is 592 g/mol. The van der Waals surface area contributed by atoms with E-state index in [-0.39, 0.29) is 43.1 Å². The normalized spacial score (nSPS) is 13.8. The number of ether oxygens (including phenoxy) is 3. The number of hydrogen-bond acceptors (Lipinski definition) is 6. The van der Waals surface area contributed by atoms with E-state index in [2.05, 4.69) is 44.2 Å². The Bertz CT molecular complexity index is 839. The third-order valence-electron chi connectivity index (χ3n) is 6.50. The molecular weight excluding hydrogens is 534 g/mol. The number of nitrogens with zero attached hydrogens (tertiary/aromatic N) is 1. The van der Waals surface area contributed by atoms with Crippen LogP contribution in [0.5, 0.6) is 0 Å². The summed E-state index contributed by atoms with van der Waals surface area (Å²) in [5.41, 5.74) is 0. The molecule has 0 amide bonds. The van der Waals surface area contributed by atoms with Gasteiger partial charge in [-0.05, 0) is 44.9 Å². The molecule has 0 aromatic carbocycles. The second-order valence-corrected chi connectivity index (χ2v) is 11.3. The van der Waals surface area contributed by atoms with Crippen molar-refractivity contribution in [2.24, 2.45) is 0 Å². The number of rotatable bonds is 26. The van der Waals surface area contributed by atoms with Crippen molar-refractivity contribution in [1.29, 1.82) is 0 Å². The summed E-state index contributed by atoms with van der Waals surface area (Å²) in [6.07, 6.45) is 26.4. The van der Waals surface area contributed by atoms with Crippen LogP contribution in [0.3, 0.4) is 0 Å². The molecule has 2 atom stereocenters. The molecule has 42 heavy (non-hydrogen) atoms. The second kappa shape index (κ2) is 26.0. The van der Waals surface area contributed by atoms with Crippen molar-refractivity contribution >= 4 is 17.9 Å². The Balaban J connectivity index is 4.69. The van der Waals surface area contributed by atoms with Gasteiger partial charge in [0.05, 0.1) is 40.8 Å². The predicted octanol–water partition coefficient (Wildman–Crippen LogP) is 6.95. The molecule has 0 aromatic rings. The third kappa shape index (κ3) is 23.9. The molecule has 0 bridgehead atoms. The van der Waals surface area contributed by atoms with E-state index >= 15 is 0 Å². The van der Waals surface area contributed by atoms with E-state index in [1.165, 1.54) is 25.7 Å². The summed E-state index contributed by atoms with van der Waals surface area (Å²) in [7, 11) is 5.46. The molecule has 0 aromatic heterocycles. The smallest absolute Gasteiger partial charge is 0.362 e. The molecule has 0 aliphatic heterocycles. The molecule has 240 valence electrons. The first kappa shape index (κ1) is 39.3. The molecular formula is C34H58NO7+. The molecule has 2 unspecified atom stereocenters. The van der Waals surface area contributed by atoms with Crippen molar-refractivity contribution in [2.45, 2.75) is 109 Å². The first-order valence-corrected chi connectivity index (χ1v) is 15.7. The topological polar surface area (TPSA) is 99.1 Å². The highest BCUT2D eigenvalue weighted by atomic mass is 16.6. The van der Waals surface area contributed by atoms with Crippen LogP contribution in [-0.2, 0) is 28.6 Å². The molecule has 0 aliphatic rings. The highest BCUT2D eigenvalue weighted by Crippen LogP contribution is 2.10. The van der Waals surface area contributed by atoms with Gasteiger partial charge >= 0.3 is 17.9 Å². The van der Waals surface area contributed by atoms with E-state index in [0.717, 1.165) is 32.1 Å². The van der Waals surface area contributed by atoms with Gasteiger partial charge in [0.15, 0.2) is 12.1 Å². The van der Waals surface area contributed by atoms with Crippen molar-refractivity contribution in [3.05, 3.63) is 48.6 Å². The highest BCUT2D eigenvalue weighted by Gasteiger charge is 2.31. The van der Waals surface area contributed by atoms with Gasteiger partial charge < -0.3 is 23.8 Å². The fourth-order valence-corrected chi connectivity index (χ4v) is 4.04. The van der Waals surface area contributed by atoms with Crippen LogP contribution in [0, 0.1) is 0 Å². The maximum atomic E-state index is 12.4. The van der Waals surface area contributed by atoms with Crippen molar-refractivity contribution in [2.75, 3.05) is 41.0 Å². The minimum absolute atomic E-state index is 0.0149. The number of esters is 2. The van der Waals surface area contributed by atoms with Gasteiger partial charge in [-0.15, -0.1) is 0 Å². The van der Waals surface area contributed by atoms with Gasteiger partial charge in [-0.1, -0.05) is 81.7 Å². The lowest BCUT2D eigenvalue weighted by atomic mass is 10.1. The van der Waals surface area contributed by atoms with Crippen LogP contribution in [0.25, 0.3) is 0 Å². The number of likely N-dealkylation sites (N-methyl/N-ethyl adjacent to an activating group) is 1. The summed E-state index contributed by atoms with van der Waals surface area (Å²) in [6, 6.07) is -0.629. The van der Waals surface area contributed by atoms with Gasteiger partial charge in [-0.3, -0.25) is 9.59 Å². The molecule has 0 spiro atoms. The first-order chi connectivity index (χ1) is 20.1. The predicted molar refractivity (Wildman–Crippen MR) is 169 cm³/mol. The fraction of sp³-hybridized carbons (Fsp3) is 0.676. The van der Waals surface area contributed by atoms with Crippen molar-refractivity contribution in [3.8, 4) is 0 Å². The molecule has 0 aliphatic carbocycles. The summed E-state index contributed by atoms with van der Waals surface area (Å²) < 4.78 is 16.9. The fourth-order valence-electron chi connectivity index (χ4n) is 4.04. The summed E-state index contributed by atoms with van der Waals surface area (Å²) in [5.74, 6) is -1.68. The molecule has 0 radical (unpaired) electrons. The Morgan fingerprint density at radius 1 is 0.762 bits per heavy atom. The van der Waals surface area contributed by atoms with Gasteiger partial charge in [0.1, 0.15) is 6.61 Å². The van der Waals surface area contributed by atoms with Crippen LogP contribution in [0.2, 0.25) is 0 Å². The zero-order valence-electron chi connectivity index (χ0n) is 26.9. The Morgan fingerprint density at radius 3 is 2.02 bits per heavy atom. The highest BCUT2D eigenvalue weighted by molar-refractivity contribution is 5.72. The van der Waals surface area contributed by atoms with Crippen LogP contribution in [0.4, 0.5) is 0 Å². The van der Waals surface area contributed by atoms with E-state index in [4.69, 9.17) is 14.2 Å². The van der Waals surface area contributed by atoms with Gasteiger partial charge in [0, 0.05) is 12.8 Å². The van der Waals surface area contributed by atoms with Gasteiger partial charge in [0.25, 0.3) is 0 Å². The first-order valence-electron chi connectivity index (χ1n) is 15.7. The Hall–Kier alpha value is -2.71. The van der Waals surface area contributed by atoms with Crippen LogP contribution in [0.1, 0.15) is 97.3 Å². The summed E-state index contributed by atoms with van der Waals surface area (Å²) in [6.45, 7) is 4.39. The zero-order chi connectivity index (χ0) is 31.5. The molecule has 1 N–H and O–H groups in total. The zero-order valence-corrected chi connectivity index (χ0v) is 26.9. The SMILES string of the molecule is CC/C=C/C/C=C/C/C=C/CC(=O)OC(COCCC(C(=O)O)[N+](C)(C)C)COC(=O)CCC/C=C/CCCCCC. The number of carbonyl (C=O) groups excluding carboxylic acids is 2. The number of allylic oxidation sites excluding steroid dienone is 7. The molecule has 0 saturated heterocycles. The van der Waals surface area contributed by atoms with E-state index in [9.17, 15) is 19.5 Å². The second-order valence-electron chi connectivity index (χ2n) is 11.3. The standard InChI is InChI=1S/C34H57NO7/c1-6-8-10-12-14-16-18-20-22-24-32(36)41-29-30(28-40-27-26-31(34(38)39)35(3,4)5)42-33(37)25-23-21-19-17-15-13-11-9-7-2/h9,11,15-18,21,23,30-31H,6-8,10,12-14,19-20,22,24-29H2,1-5H3/p+1/b11-9+,17-15+,18-16+,23-21+. The Labute approximate surface area is 255 Å². The molecule has 0 fully saturated rings. The lowest BCUT2D eigenvalue weighted by Crippen LogP contribution is -2.50. The van der Waals surface area contributed by atoms with Gasteiger partial charge in [0.2, 0.25) is 0 Å². The average molecular weight is 593 g/mol.